The fraction of sp³-hybridized carbons (Fsp3) is 0.214. The average Bonchev–Trinajstić information content (AvgIpc) is 3.50. The predicted molar refractivity (Wildman–Crippen MR) is 143 cm³/mol. The standard InChI is InChI=1S/C28H27N3O5S/c1-4-16-36-27(33)22-18(3)24(28(34)35-5-2)37-26(22)29-25(32)21-17-31(20-14-10-7-11-15-20)30-23(21)19-12-8-6-9-13-19/h6-15,17H,4-5,16H2,1-3H3,(H,29,32). The lowest BCUT2D eigenvalue weighted by molar-refractivity contribution is 0.0506. The number of benzene rings is 2. The number of anilines is 1. The molecule has 0 aliphatic carbocycles. The first-order chi connectivity index (χ1) is 17.9. The number of amides is 1. The number of carbonyl (C=O) groups excluding carboxylic acids is 3. The maximum Gasteiger partial charge on any atom is 0.348 e. The molecule has 0 aliphatic rings. The van der Waals surface area contributed by atoms with Crippen LogP contribution in [0.3, 0.4) is 0 Å². The molecule has 0 radical (unpaired) electrons. The normalized spacial score (nSPS) is 10.7. The van der Waals surface area contributed by atoms with E-state index in [0.29, 0.717) is 23.2 Å². The highest BCUT2D eigenvalue weighted by Gasteiger charge is 2.29. The van der Waals surface area contributed by atoms with Crippen LogP contribution in [0, 0.1) is 6.92 Å². The Kier molecular flexibility index (Phi) is 8.15. The maximum absolute atomic E-state index is 13.6. The van der Waals surface area contributed by atoms with Crippen LogP contribution in [0.1, 0.15) is 56.2 Å². The van der Waals surface area contributed by atoms with E-state index in [2.05, 4.69) is 10.4 Å². The van der Waals surface area contributed by atoms with Gasteiger partial charge in [0.1, 0.15) is 15.6 Å². The van der Waals surface area contributed by atoms with E-state index < -0.39 is 17.8 Å². The van der Waals surface area contributed by atoms with Crippen molar-refractivity contribution in [2.75, 3.05) is 18.5 Å². The highest BCUT2D eigenvalue weighted by atomic mass is 32.1. The SMILES string of the molecule is CCCOC(=O)c1c(NC(=O)c2cn(-c3ccccc3)nc2-c2ccccc2)sc(C(=O)OCC)c1C. The summed E-state index contributed by atoms with van der Waals surface area (Å²) in [5.74, 6) is -1.64. The van der Waals surface area contributed by atoms with Gasteiger partial charge in [-0.25, -0.2) is 14.3 Å². The van der Waals surface area contributed by atoms with Crippen LogP contribution in [0.5, 0.6) is 0 Å². The first-order valence-electron chi connectivity index (χ1n) is 11.9. The van der Waals surface area contributed by atoms with Crippen LogP contribution in [0.25, 0.3) is 16.9 Å². The number of rotatable bonds is 9. The van der Waals surface area contributed by atoms with Crippen molar-refractivity contribution < 1.29 is 23.9 Å². The molecule has 4 rings (SSSR count). The average molecular weight is 518 g/mol. The van der Waals surface area contributed by atoms with Gasteiger partial charge >= 0.3 is 11.9 Å². The Labute approximate surface area is 218 Å². The largest absolute Gasteiger partial charge is 0.462 e. The highest BCUT2D eigenvalue weighted by Crippen LogP contribution is 2.35. The third-order valence-electron chi connectivity index (χ3n) is 5.50. The smallest absolute Gasteiger partial charge is 0.348 e. The van der Waals surface area contributed by atoms with Gasteiger partial charge in [0.05, 0.1) is 30.0 Å². The van der Waals surface area contributed by atoms with Crippen LogP contribution < -0.4 is 5.32 Å². The summed E-state index contributed by atoms with van der Waals surface area (Å²) >= 11 is 0.989. The summed E-state index contributed by atoms with van der Waals surface area (Å²) in [5, 5.41) is 7.74. The minimum atomic E-state index is -0.607. The van der Waals surface area contributed by atoms with Gasteiger partial charge in [-0.15, -0.1) is 11.3 Å². The number of para-hydroxylation sites is 1. The minimum absolute atomic E-state index is 0.145. The summed E-state index contributed by atoms with van der Waals surface area (Å²) in [4.78, 5) is 39.3. The number of nitrogens with one attached hydrogen (secondary N) is 1. The van der Waals surface area contributed by atoms with Crippen molar-refractivity contribution in [3.8, 4) is 16.9 Å². The number of aromatic nitrogens is 2. The molecule has 0 bridgehead atoms. The van der Waals surface area contributed by atoms with Crippen molar-refractivity contribution in [3.63, 3.8) is 0 Å². The lowest BCUT2D eigenvalue weighted by Gasteiger charge is -2.08. The number of ether oxygens (including phenoxy) is 2. The molecule has 2 aromatic carbocycles. The fourth-order valence-corrected chi connectivity index (χ4v) is 4.82. The first-order valence-corrected chi connectivity index (χ1v) is 12.8. The van der Waals surface area contributed by atoms with E-state index in [1.54, 1.807) is 24.7 Å². The highest BCUT2D eigenvalue weighted by molar-refractivity contribution is 7.18. The minimum Gasteiger partial charge on any atom is -0.462 e. The van der Waals surface area contributed by atoms with Gasteiger partial charge in [-0.3, -0.25) is 4.79 Å². The predicted octanol–water partition coefficient (Wildman–Crippen LogP) is 5.91. The second kappa shape index (κ2) is 11.7. The lowest BCUT2D eigenvalue weighted by atomic mass is 10.1. The Balaban J connectivity index is 1.76. The van der Waals surface area contributed by atoms with Gasteiger partial charge in [-0.05, 0) is 38.0 Å². The molecule has 9 heteroatoms. The van der Waals surface area contributed by atoms with E-state index in [9.17, 15) is 14.4 Å². The van der Waals surface area contributed by atoms with Crippen LogP contribution in [-0.4, -0.2) is 40.8 Å². The molecule has 8 nitrogen and oxygen atoms in total. The van der Waals surface area contributed by atoms with Crippen molar-refractivity contribution in [1.82, 2.24) is 9.78 Å². The summed E-state index contributed by atoms with van der Waals surface area (Å²) in [6.07, 6.45) is 2.29. The second-order valence-corrected chi connectivity index (χ2v) is 9.13. The summed E-state index contributed by atoms with van der Waals surface area (Å²) < 4.78 is 12.1. The zero-order valence-electron chi connectivity index (χ0n) is 20.8. The van der Waals surface area contributed by atoms with E-state index in [-0.39, 0.29) is 28.7 Å². The van der Waals surface area contributed by atoms with E-state index >= 15 is 0 Å². The van der Waals surface area contributed by atoms with Crippen LogP contribution in [-0.2, 0) is 9.47 Å². The summed E-state index contributed by atoms with van der Waals surface area (Å²) in [5.41, 5.74) is 2.90. The van der Waals surface area contributed by atoms with Gasteiger partial charge in [0.25, 0.3) is 5.91 Å². The van der Waals surface area contributed by atoms with Crippen LogP contribution in [0.15, 0.2) is 66.9 Å². The number of hydrogen-bond acceptors (Lipinski definition) is 7. The molecule has 1 amide bonds. The number of thiophene rings is 1. The molecule has 0 spiro atoms. The van der Waals surface area contributed by atoms with E-state index in [4.69, 9.17) is 9.47 Å². The Bertz CT molecular complexity index is 1410. The lowest BCUT2D eigenvalue weighted by Crippen LogP contribution is -2.15. The van der Waals surface area contributed by atoms with Gasteiger partial charge in [-0.1, -0.05) is 55.5 Å². The summed E-state index contributed by atoms with van der Waals surface area (Å²) in [6, 6.07) is 18.8. The summed E-state index contributed by atoms with van der Waals surface area (Å²) in [6.45, 7) is 5.64. The second-order valence-electron chi connectivity index (χ2n) is 8.11. The molecule has 190 valence electrons. The monoisotopic (exact) mass is 517 g/mol. The van der Waals surface area contributed by atoms with E-state index in [1.807, 2.05) is 67.6 Å². The maximum atomic E-state index is 13.6. The topological polar surface area (TPSA) is 99.5 Å². The molecule has 4 aromatic rings. The summed E-state index contributed by atoms with van der Waals surface area (Å²) in [7, 11) is 0. The van der Waals surface area contributed by atoms with Crippen molar-refractivity contribution in [3.05, 3.63) is 88.4 Å². The quantitative estimate of drug-likeness (QED) is 0.277. The van der Waals surface area contributed by atoms with Gasteiger partial charge in [-0.2, -0.15) is 5.10 Å². The van der Waals surface area contributed by atoms with Crippen LogP contribution in [0.4, 0.5) is 5.00 Å². The van der Waals surface area contributed by atoms with Gasteiger partial charge in [0.2, 0.25) is 0 Å². The number of nitrogens with zero attached hydrogens (tertiary/aromatic N) is 2. The molecule has 0 aliphatic heterocycles. The molecule has 0 atom stereocenters. The fourth-order valence-electron chi connectivity index (χ4n) is 3.74. The Hall–Kier alpha value is -4.24. The number of carbonyl (C=O) groups is 3. The number of esters is 2. The molecular weight excluding hydrogens is 490 g/mol. The first kappa shape index (κ1) is 25.8. The van der Waals surface area contributed by atoms with Crippen molar-refractivity contribution >= 4 is 34.2 Å². The zero-order valence-corrected chi connectivity index (χ0v) is 21.6. The van der Waals surface area contributed by atoms with Crippen LogP contribution in [0.2, 0.25) is 0 Å². The van der Waals surface area contributed by atoms with Gasteiger partial charge in [0, 0.05) is 11.8 Å². The molecule has 0 saturated carbocycles. The van der Waals surface area contributed by atoms with Crippen molar-refractivity contribution in [1.29, 1.82) is 0 Å². The molecule has 2 aromatic heterocycles. The third-order valence-corrected chi connectivity index (χ3v) is 6.69. The Morgan fingerprint density at radius 1 is 0.946 bits per heavy atom. The molecule has 0 saturated heterocycles. The van der Waals surface area contributed by atoms with Crippen molar-refractivity contribution in [2.45, 2.75) is 27.2 Å². The van der Waals surface area contributed by atoms with Gasteiger partial charge in [0.15, 0.2) is 0 Å². The molecular formula is C28H27N3O5S. The Morgan fingerprint density at radius 2 is 1.62 bits per heavy atom. The van der Waals surface area contributed by atoms with Crippen molar-refractivity contribution in [2.24, 2.45) is 0 Å². The molecule has 2 heterocycles. The van der Waals surface area contributed by atoms with Crippen LogP contribution >= 0.6 is 11.3 Å². The Morgan fingerprint density at radius 3 is 2.27 bits per heavy atom. The van der Waals surface area contributed by atoms with E-state index in [0.717, 1.165) is 22.6 Å². The molecule has 37 heavy (non-hydrogen) atoms. The zero-order chi connectivity index (χ0) is 26.4. The number of hydrogen-bond donors (Lipinski definition) is 1. The molecule has 1 N–H and O–H groups in total. The van der Waals surface area contributed by atoms with E-state index in [1.165, 1.54) is 0 Å². The molecule has 0 fully saturated rings. The molecule has 0 unspecified atom stereocenters. The third kappa shape index (κ3) is 5.62. The van der Waals surface area contributed by atoms with Gasteiger partial charge < -0.3 is 14.8 Å².